The van der Waals surface area contributed by atoms with Crippen LogP contribution in [-0.4, -0.2) is 12.6 Å². The van der Waals surface area contributed by atoms with Crippen LogP contribution in [0.1, 0.15) is 122 Å². The number of carbonyl (C=O) groups is 1. The van der Waals surface area contributed by atoms with Gasteiger partial charge in [-0.2, -0.15) is 0 Å². The summed E-state index contributed by atoms with van der Waals surface area (Å²) in [5.74, 6) is 0.694. The monoisotopic (exact) mass is 388 g/mol. The van der Waals surface area contributed by atoms with Crippen molar-refractivity contribution in [2.24, 2.45) is 0 Å². The lowest BCUT2D eigenvalue weighted by Gasteiger charge is -2.17. The Kier molecular flexibility index (Phi) is 15.7. The molecule has 160 valence electrons. The first-order chi connectivity index (χ1) is 13.8. The molecule has 2 heteroatoms. The Labute approximate surface area is 174 Å². The molecular formula is C26H44O2. The highest BCUT2D eigenvalue weighted by molar-refractivity contribution is 5.69. The van der Waals surface area contributed by atoms with E-state index in [9.17, 15) is 4.79 Å². The topological polar surface area (TPSA) is 26.3 Å². The molecule has 0 fully saturated rings. The van der Waals surface area contributed by atoms with Crippen molar-refractivity contribution < 1.29 is 9.53 Å². The van der Waals surface area contributed by atoms with Gasteiger partial charge in [0.05, 0.1) is 6.61 Å². The minimum Gasteiger partial charge on any atom is -0.466 e. The van der Waals surface area contributed by atoms with Gasteiger partial charge >= 0.3 is 5.97 Å². The van der Waals surface area contributed by atoms with Crippen LogP contribution in [-0.2, 0) is 9.53 Å². The summed E-state index contributed by atoms with van der Waals surface area (Å²) >= 11 is 0. The molecule has 2 nitrogen and oxygen atoms in total. The fourth-order valence-corrected chi connectivity index (χ4v) is 3.97. The lowest BCUT2D eigenvalue weighted by Crippen LogP contribution is -2.03. The maximum absolute atomic E-state index is 11.3. The van der Waals surface area contributed by atoms with Crippen molar-refractivity contribution in [2.45, 2.75) is 116 Å². The van der Waals surface area contributed by atoms with Gasteiger partial charge in [0.25, 0.3) is 0 Å². The first-order valence-corrected chi connectivity index (χ1v) is 12.0. The zero-order chi connectivity index (χ0) is 20.3. The van der Waals surface area contributed by atoms with Crippen LogP contribution in [0.15, 0.2) is 30.3 Å². The molecule has 0 aromatic heterocycles. The van der Waals surface area contributed by atoms with Crippen molar-refractivity contribution >= 4 is 5.97 Å². The maximum atomic E-state index is 11.3. The van der Waals surface area contributed by atoms with Crippen molar-refractivity contribution in [1.29, 1.82) is 0 Å². The van der Waals surface area contributed by atoms with E-state index in [0.29, 0.717) is 13.0 Å². The van der Waals surface area contributed by atoms with Gasteiger partial charge in [0, 0.05) is 6.42 Å². The molecule has 28 heavy (non-hydrogen) atoms. The summed E-state index contributed by atoms with van der Waals surface area (Å²) in [5.41, 5.74) is 1.53. The van der Waals surface area contributed by atoms with Gasteiger partial charge in [-0.3, -0.25) is 4.79 Å². The Morgan fingerprint density at radius 3 is 1.86 bits per heavy atom. The van der Waals surface area contributed by atoms with Crippen LogP contribution in [0.4, 0.5) is 0 Å². The van der Waals surface area contributed by atoms with E-state index in [1.165, 1.54) is 82.6 Å². The second-order valence-corrected chi connectivity index (χ2v) is 8.13. The second-order valence-electron chi connectivity index (χ2n) is 8.13. The fourth-order valence-electron chi connectivity index (χ4n) is 3.97. The highest BCUT2D eigenvalue weighted by Gasteiger charge is 2.11. The van der Waals surface area contributed by atoms with Gasteiger partial charge in [0.2, 0.25) is 0 Å². The van der Waals surface area contributed by atoms with Gasteiger partial charge in [-0.15, -0.1) is 0 Å². The van der Waals surface area contributed by atoms with E-state index in [-0.39, 0.29) is 5.97 Å². The number of unbranched alkanes of at least 4 members (excludes halogenated alkanes) is 10. The highest BCUT2D eigenvalue weighted by Crippen LogP contribution is 2.28. The number of rotatable bonds is 18. The molecule has 0 amide bonds. The minimum atomic E-state index is -0.0390. The number of hydrogen-bond donors (Lipinski definition) is 0. The summed E-state index contributed by atoms with van der Waals surface area (Å²) in [6.07, 6.45) is 18.9. The molecule has 0 heterocycles. The molecule has 0 bridgehead atoms. The van der Waals surface area contributed by atoms with E-state index in [2.05, 4.69) is 37.3 Å². The predicted molar refractivity (Wildman–Crippen MR) is 121 cm³/mol. The fraction of sp³-hybridized carbons (Fsp3) is 0.731. The second kappa shape index (κ2) is 17.8. The minimum absolute atomic E-state index is 0.0390. The average Bonchev–Trinajstić information content (AvgIpc) is 2.71. The Morgan fingerprint density at radius 1 is 0.750 bits per heavy atom. The normalized spacial score (nSPS) is 12.1. The smallest absolute Gasteiger partial charge is 0.305 e. The van der Waals surface area contributed by atoms with Gasteiger partial charge in [-0.25, -0.2) is 0 Å². The van der Waals surface area contributed by atoms with Gasteiger partial charge in [-0.05, 0) is 37.7 Å². The Morgan fingerprint density at radius 2 is 1.29 bits per heavy atom. The molecule has 1 rings (SSSR count). The van der Waals surface area contributed by atoms with Crippen molar-refractivity contribution in [3.8, 4) is 0 Å². The molecule has 0 aliphatic heterocycles. The quantitative estimate of drug-likeness (QED) is 0.187. The standard InChI is InChI=1S/C26H44O2/c1-3-5-6-7-10-14-19-24(25-21-16-13-17-22-25)20-15-11-8-9-12-18-23-26(27)28-4-2/h13,16-17,21-22,24H,3-12,14-15,18-20,23H2,1-2H3. The van der Waals surface area contributed by atoms with Crippen LogP contribution in [0.3, 0.4) is 0 Å². The molecule has 0 saturated carbocycles. The molecule has 0 spiro atoms. The first-order valence-electron chi connectivity index (χ1n) is 12.0. The molecular weight excluding hydrogens is 344 g/mol. The molecule has 1 atom stereocenters. The zero-order valence-corrected chi connectivity index (χ0v) is 18.6. The van der Waals surface area contributed by atoms with Gasteiger partial charge < -0.3 is 4.74 Å². The van der Waals surface area contributed by atoms with E-state index >= 15 is 0 Å². The maximum Gasteiger partial charge on any atom is 0.305 e. The molecule has 1 aromatic carbocycles. The summed E-state index contributed by atoms with van der Waals surface area (Å²) in [6.45, 7) is 4.65. The predicted octanol–water partition coefficient (Wildman–Crippen LogP) is 8.20. The van der Waals surface area contributed by atoms with Gasteiger partial charge in [0.1, 0.15) is 0 Å². The van der Waals surface area contributed by atoms with Gasteiger partial charge in [0.15, 0.2) is 0 Å². The average molecular weight is 389 g/mol. The SMILES string of the molecule is CCCCCCCCC(CCCCCCCCC(=O)OCC)c1ccccc1. The molecule has 1 aromatic rings. The number of esters is 1. The van der Waals surface area contributed by atoms with Crippen LogP contribution in [0.2, 0.25) is 0 Å². The van der Waals surface area contributed by atoms with Crippen LogP contribution >= 0.6 is 0 Å². The lowest BCUT2D eigenvalue weighted by atomic mass is 9.88. The van der Waals surface area contributed by atoms with E-state index in [1.54, 1.807) is 0 Å². The molecule has 0 radical (unpaired) electrons. The highest BCUT2D eigenvalue weighted by atomic mass is 16.5. The molecule has 0 N–H and O–H groups in total. The molecule has 1 unspecified atom stereocenters. The summed E-state index contributed by atoms with van der Waals surface area (Å²) in [4.78, 5) is 11.3. The third kappa shape index (κ3) is 13.0. The third-order valence-electron chi connectivity index (χ3n) is 5.67. The van der Waals surface area contributed by atoms with Crippen LogP contribution < -0.4 is 0 Å². The van der Waals surface area contributed by atoms with Crippen LogP contribution in [0.5, 0.6) is 0 Å². The molecule has 0 aliphatic carbocycles. The first kappa shape index (κ1) is 24.7. The number of benzene rings is 1. The summed E-state index contributed by atoms with van der Waals surface area (Å²) in [7, 11) is 0. The zero-order valence-electron chi connectivity index (χ0n) is 18.6. The third-order valence-corrected chi connectivity index (χ3v) is 5.67. The Balaban J connectivity index is 2.16. The number of carbonyl (C=O) groups excluding carboxylic acids is 1. The molecule has 0 aliphatic rings. The molecule has 0 saturated heterocycles. The van der Waals surface area contributed by atoms with Crippen molar-refractivity contribution in [1.82, 2.24) is 0 Å². The van der Waals surface area contributed by atoms with Crippen molar-refractivity contribution in [3.63, 3.8) is 0 Å². The lowest BCUT2D eigenvalue weighted by molar-refractivity contribution is -0.143. The van der Waals surface area contributed by atoms with Crippen LogP contribution in [0.25, 0.3) is 0 Å². The van der Waals surface area contributed by atoms with E-state index in [4.69, 9.17) is 4.74 Å². The van der Waals surface area contributed by atoms with Crippen molar-refractivity contribution in [2.75, 3.05) is 6.61 Å². The number of hydrogen-bond acceptors (Lipinski definition) is 2. The Hall–Kier alpha value is -1.31. The summed E-state index contributed by atoms with van der Waals surface area (Å²) < 4.78 is 4.98. The Bertz CT molecular complexity index is 469. The van der Waals surface area contributed by atoms with E-state index in [1.807, 2.05) is 6.92 Å². The number of ether oxygens (including phenoxy) is 1. The van der Waals surface area contributed by atoms with Crippen LogP contribution in [0, 0.1) is 0 Å². The van der Waals surface area contributed by atoms with E-state index in [0.717, 1.165) is 18.8 Å². The summed E-state index contributed by atoms with van der Waals surface area (Å²) in [6, 6.07) is 11.1. The van der Waals surface area contributed by atoms with Crippen molar-refractivity contribution in [3.05, 3.63) is 35.9 Å². The van der Waals surface area contributed by atoms with E-state index < -0.39 is 0 Å². The van der Waals surface area contributed by atoms with Gasteiger partial charge in [-0.1, -0.05) is 108 Å². The largest absolute Gasteiger partial charge is 0.466 e. The summed E-state index contributed by atoms with van der Waals surface area (Å²) in [5, 5.41) is 0.